The molecule has 3 rings (SSSR count). The second kappa shape index (κ2) is 9.31. The molecule has 1 amide bonds. The molecule has 4 N–H and O–H groups in total. The summed E-state index contributed by atoms with van der Waals surface area (Å²) in [4.78, 5) is 28.8. The number of nitrogens with one attached hydrogen (secondary N) is 1. The third kappa shape index (κ3) is 4.32. The number of carbonyl (C=O) groups is 1. The maximum Gasteiger partial charge on any atom is 0.351 e. The lowest BCUT2D eigenvalue weighted by Crippen LogP contribution is -2.36. The number of rotatable bonds is 7. The first-order chi connectivity index (χ1) is 14.8. The number of anilines is 1. The Labute approximate surface area is 176 Å². The van der Waals surface area contributed by atoms with Gasteiger partial charge in [-0.3, -0.25) is 9.36 Å². The van der Waals surface area contributed by atoms with Gasteiger partial charge in [0.2, 0.25) is 5.75 Å². The zero-order valence-electron chi connectivity index (χ0n) is 17.0. The minimum absolute atomic E-state index is 0.0493. The maximum atomic E-state index is 12.6. The van der Waals surface area contributed by atoms with Crippen LogP contribution in [-0.4, -0.2) is 77.0 Å². The fourth-order valence-corrected chi connectivity index (χ4v) is 3.19. The lowest BCUT2D eigenvalue weighted by Gasteiger charge is -2.17. The molecule has 31 heavy (non-hydrogen) atoms. The van der Waals surface area contributed by atoms with Gasteiger partial charge in [-0.1, -0.05) is 0 Å². The molecule has 0 spiro atoms. The van der Waals surface area contributed by atoms with Gasteiger partial charge in [-0.15, -0.1) is 0 Å². The van der Waals surface area contributed by atoms with Gasteiger partial charge in [-0.05, 0) is 18.2 Å². The summed E-state index contributed by atoms with van der Waals surface area (Å²) in [5, 5.41) is 31.6. The number of benzene rings is 1. The third-order valence-electron chi connectivity index (χ3n) is 4.79. The zero-order valence-corrected chi connectivity index (χ0v) is 17.0. The van der Waals surface area contributed by atoms with Crippen molar-refractivity contribution in [2.75, 3.05) is 33.3 Å². The Kier molecular flexibility index (Phi) is 6.75. The molecule has 1 aliphatic rings. The van der Waals surface area contributed by atoms with Crippen LogP contribution in [0.4, 0.5) is 5.82 Å². The first-order valence-electron chi connectivity index (χ1n) is 9.17. The summed E-state index contributed by atoms with van der Waals surface area (Å²) in [6, 6.07) is 4.21. The molecule has 1 aliphatic heterocycles. The Morgan fingerprint density at radius 2 is 1.81 bits per heavy atom. The van der Waals surface area contributed by atoms with E-state index in [0.29, 0.717) is 5.75 Å². The molecule has 0 bridgehead atoms. The van der Waals surface area contributed by atoms with E-state index in [-0.39, 0.29) is 22.9 Å². The van der Waals surface area contributed by atoms with Crippen molar-refractivity contribution in [3.05, 3.63) is 40.4 Å². The summed E-state index contributed by atoms with van der Waals surface area (Å²) in [5.41, 5.74) is -0.665. The van der Waals surface area contributed by atoms with Crippen LogP contribution >= 0.6 is 0 Å². The molecule has 168 valence electrons. The van der Waals surface area contributed by atoms with Gasteiger partial charge in [0.25, 0.3) is 5.91 Å². The van der Waals surface area contributed by atoms with Crippen molar-refractivity contribution in [1.82, 2.24) is 9.55 Å². The number of methoxy groups -OCH3 is 3. The Hall–Kier alpha value is -3.19. The van der Waals surface area contributed by atoms with Crippen LogP contribution in [0.3, 0.4) is 0 Å². The number of aliphatic hydroxyl groups is 3. The number of aliphatic hydroxyl groups excluding tert-OH is 3. The molecule has 12 heteroatoms. The van der Waals surface area contributed by atoms with Crippen molar-refractivity contribution in [3.63, 3.8) is 0 Å². The van der Waals surface area contributed by atoms with E-state index >= 15 is 0 Å². The van der Waals surface area contributed by atoms with E-state index in [1.54, 1.807) is 0 Å². The SMILES string of the molecule is COc1cc(C(=O)Nc2ccn(C3OC(CO)C(O)C3O)c(=O)n2)cc(OC)c1OC. The van der Waals surface area contributed by atoms with Crippen molar-refractivity contribution >= 4 is 11.7 Å². The minimum atomic E-state index is -1.43. The smallest absolute Gasteiger partial charge is 0.351 e. The highest BCUT2D eigenvalue weighted by atomic mass is 16.6. The highest BCUT2D eigenvalue weighted by Crippen LogP contribution is 2.38. The fourth-order valence-electron chi connectivity index (χ4n) is 3.19. The van der Waals surface area contributed by atoms with E-state index in [0.717, 1.165) is 4.57 Å². The highest BCUT2D eigenvalue weighted by Gasteiger charge is 2.43. The van der Waals surface area contributed by atoms with Crippen molar-refractivity contribution in [3.8, 4) is 17.2 Å². The van der Waals surface area contributed by atoms with Gasteiger partial charge in [-0.25, -0.2) is 4.79 Å². The first-order valence-corrected chi connectivity index (χ1v) is 9.17. The van der Waals surface area contributed by atoms with Crippen LogP contribution in [0, 0.1) is 0 Å². The van der Waals surface area contributed by atoms with E-state index in [1.807, 2.05) is 0 Å². The minimum Gasteiger partial charge on any atom is -0.493 e. The molecule has 0 aliphatic carbocycles. The van der Waals surface area contributed by atoms with E-state index in [2.05, 4.69) is 10.3 Å². The molecular weight excluding hydrogens is 414 g/mol. The van der Waals surface area contributed by atoms with E-state index in [9.17, 15) is 24.9 Å². The standard InChI is InChI=1S/C19H23N3O9/c1-28-10-6-9(7-11(29-2)16(10)30-3)17(26)20-13-4-5-22(19(27)21-13)18-15(25)14(24)12(8-23)31-18/h4-7,12,14-15,18,23-25H,8H2,1-3H3,(H,20,21,26,27). The van der Waals surface area contributed by atoms with Crippen LogP contribution < -0.4 is 25.2 Å². The van der Waals surface area contributed by atoms with Gasteiger partial charge >= 0.3 is 5.69 Å². The number of hydrogen-bond acceptors (Lipinski definition) is 10. The Balaban J connectivity index is 1.82. The van der Waals surface area contributed by atoms with Gasteiger partial charge in [0.05, 0.1) is 27.9 Å². The average molecular weight is 437 g/mol. The molecule has 1 aromatic heterocycles. The van der Waals surface area contributed by atoms with Crippen molar-refractivity contribution in [2.45, 2.75) is 24.5 Å². The number of ether oxygens (including phenoxy) is 4. The molecule has 1 aromatic carbocycles. The van der Waals surface area contributed by atoms with Crippen LogP contribution in [0.1, 0.15) is 16.6 Å². The predicted molar refractivity (Wildman–Crippen MR) is 106 cm³/mol. The van der Waals surface area contributed by atoms with Gasteiger partial charge in [0, 0.05) is 11.8 Å². The van der Waals surface area contributed by atoms with E-state index in [4.69, 9.17) is 18.9 Å². The lowest BCUT2D eigenvalue weighted by molar-refractivity contribution is -0.0549. The number of aromatic nitrogens is 2. The molecule has 4 atom stereocenters. The van der Waals surface area contributed by atoms with E-state index < -0.39 is 42.7 Å². The molecule has 4 unspecified atom stereocenters. The lowest BCUT2D eigenvalue weighted by atomic mass is 10.1. The summed E-state index contributed by atoms with van der Waals surface area (Å²) < 4.78 is 21.9. The molecule has 12 nitrogen and oxygen atoms in total. The van der Waals surface area contributed by atoms with Crippen LogP contribution in [0.15, 0.2) is 29.2 Å². The summed E-state index contributed by atoms with van der Waals surface area (Å²) in [6.45, 7) is -0.528. The zero-order chi connectivity index (χ0) is 22.7. The summed E-state index contributed by atoms with van der Waals surface area (Å²) in [7, 11) is 4.27. The average Bonchev–Trinajstić information content (AvgIpc) is 3.06. The van der Waals surface area contributed by atoms with Crippen molar-refractivity contribution in [1.29, 1.82) is 0 Å². The van der Waals surface area contributed by atoms with Crippen LogP contribution in [0.25, 0.3) is 0 Å². The number of amides is 1. The van der Waals surface area contributed by atoms with Crippen molar-refractivity contribution < 1.29 is 39.1 Å². The summed E-state index contributed by atoms with van der Waals surface area (Å²) in [5.74, 6) is 0.240. The monoisotopic (exact) mass is 437 g/mol. The second-order valence-corrected chi connectivity index (χ2v) is 6.60. The number of carbonyl (C=O) groups excluding carboxylic acids is 1. The second-order valence-electron chi connectivity index (χ2n) is 6.60. The van der Waals surface area contributed by atoms with Crippen LogP contribution in [-0.2, 0) is 4.74 Å². The fraction of sp³-hybridized carbons (Fsp3) is 0.421. The molecule has 1 saturated heterocycles. The maximum absolute atomic E-state index is 12.6. The predicted octanol–water partition coefficient (Wildman–Crippen LogP) is -0.867. The molecule has 2 heterocycles. The molecular formula is C19H23N3O9. The van der Waals surface area contributed by atoms with Gasteiger partial charge in [0.1, 0.15) is 24.1 Å². The highest BCUT2D eigenvalue weighted by molar-refractivity contribution is 6.04. The molecule has 0 saturated carbocycles. The largest absolute Gasteiger partial charge is 0.493 e. The van der Waals surface area contributed by atoms with Gasteiger partial charge in [0.15, 0.2) is 17.7 Å². The summed E-state index contributed by atoms with van der Waals surface area (Å²) >= 11 is 0. The topological polar surface area (TPSA) is 162 Å². The Morgan fingerprint density at radius 3 is 2.29 bits per heavy atom. The van der Waals surface area contributed by atoms with Crippen LogP contribution in [0.5, 0.6) is 17.2 Å². The van der Waals surface area contributed by atoms with E-state index in [1.165, 1.54) is 45.7 Å². The van der Waals surface area contributed by atoms with Crippen LogP contribution in [0.2, 0.25) is 0 Å². The van der Waals surface area contributed by atoms with Gasteiger partial charge < -0.3 is 39.6 Å². The quantitative estimate of drug-likeness (QED) is 0.428. The Bertz CT molecular complexity index is 984. The number of hydrogen-bond donors (Lipinski definition) is 4. The Morgan fingerprint density at radius 1 is 1.16 bits per heavy atom. The normalized spacial score (nSPS) is 22.8. The van der Waals surface area contributed by atoms with Gasteiger partial charge in [-0.2, -0.15) is 4.98 Å². The molecule has 0 radical (unpaired) electrons. The number of nitrogens with zero attached hydrogens (tertiary/aromatic N) is 2. The molecule has 1 fully saturated rings. The van der Waals surface area contributed by atoms with Crippen molar-refractivity contribution in [2.24, 2.45) is 0 Å². The first kappa shape index (κ1) is 22.5. The molecule has 2 aromatic rings. The summed E-state index contributed by atoms with van der Waals surface area (Å²) in [6.07, 6.45) is -3.81. The third-order valence-corrected chi connectivity index (χ3v) is 4.79.